The van der Waals surface area contributed by atoms with Gasteiger partial charge in [0.1, 0.15) is 0 Å². The summed E-state index contributed by atoms with van der Waals surface area (Å²) in [5.41, 5.74) is 5.99. The van der Waals surface area contributed by atoms with Gasteiger partial charge in [-0.2, -0.15) is 0 Å². The summed E-state index contributed by atoms with van der Waals surface area (Å²) >= 11 is 0. The molecule has 5 heteroatoms. The molecule has 5 nitrogen and oxygen atoms in total. The second-order valence-corrected chi connectivity index (χ2v) is 5.87. The molecule has 2 fully saturated rings. The first-order valence-electron chi connectivity index (χ1n) is 7.51. The molecule has 1 aliphatic heterocycles. The third kappa shape index (κ3) is 4.44. The maximum absolute atomic E-state index is 11.9. The van der Waals surface area contributed by atoms with Crippen LogP contribution in [0.3, 0.4) is 0 Å². The number of rotatable bonds is 5. The smallest absolute Gasteiger partial charge is 0.220 e. The molecule has 1 amide bonds. The first kappa shape index (κ1) is 14.8. The summed E-state index contributed by atoms with van der Waals surface area (Å²) in [5, 5.41) is 3.02. The zero-order valence-electron chi connectivity index (χ0n) is 11.9. The van der Waals surface area contributed by atoms with Gasteiger partial charge in [0.05, 0.1) is 13.2 Å². The number of morpholine rings is 1. The minimum absolute atomic E-state index is 0.156. The number of amides is 1. The molecule has 0 spiro atoms. The van der Waals surface area contributed by atoms with Gasteiger partial charge >= 0.3 is 0 Å². The van der Waals surface area contributed by atoms with Crippen molar-refractivity contribution in [2.45, 2.75) is 44.7 Å². The Labute approximate surface area is 115 Å². The highest BCUT2D eigenvalue weighted by atomic mass is 16.5. The summed E-state index contributed by atoms with van der Waals surface area (Å²) in [7, 11) is 0. The van der Waals surface area contributed by atoms with Gasteiger partial charge in [0, 0.05) is 38.1 Å². The predicted molar refractivity (Wildman–Crippen MR) is 74.8 cm³/mol. The van der Waals surface area contributed by atoms with Crippen LogP contribution in [0.1, 0.15) is 32.6 Å². The lowest BCUT2D eigenvalue weighted by Gasteiger charge is -2.33. The fraction of sp³-hybridized carbons (Fsp3) is 0.929. The third-order valence-corrected chi connectivity index (χ3v) is 4.39. The van der Waals surface area contributed by atoms with Crippen molar-refractivity contribution in [3.05, 3.63) is 0 Å². The minimum atomic E-state index is 0.156. The van der Waals surface area contributed by atoms with Crippen molar-refractivity contribution in [3.8, 4) is 0 Å². The zero-order chi connectivity index (χ0) is 13.7. The van der Waals surface area contributed by atoms with Crippen molar-refractivity contribution in [3.63, 3.8) is 0 Å². The highest BCUT2D eigenvalue weighted by Crippen LogP contribution is 2.26. The molecular formula is C14H27N3O2. The van der Waals surface area contributed by atoms with Crippen LogP contribution in [0, 0.1) is 5.92 Å². The molecule has 2 aliphatic rings. The molecule has 1 heterocycles. The Hall–Kier alpha value is -0.650. The highest BCUT2D eigenvalue weighted by molar-refractivity contribution is 5.76. The molecular weight excluding hydrogens is 242 g/mol. The van der Waals surface area contributed by atoms with Crippen molar-refractivity contribution < 1.29 is 9.53 Å². The second kappa shape index (κ2) is 7.22. The van der Waals surface area contributed by atoms with Crippen LogP contribution in [0.5, 0.6) is 0 Å². The van der Waals surface area contributed by atoms with E-state index in [-0.39, 0.29) is 11.9 Å². The first-order valence-corrected chi connectivity index (χ1v) is 7.51. The lowest BCUT2D eigenvalue weighted by Crippen LogP contribution is -2.47. The summed E-state index contributed by atoms with van der Waals surface area (Å²) in [6.45, 7) is 6.36. The Morgan fingerprint density at radius 3 is 3.00 bits per heavy atom. The van der Waals surface area contributed by atoms with Gasteiger partial charge < -0.3 is 15.8 Å². The molecule has 0 radical (unpaired) electrons. The number of carbonyl (C=O) groups excluding carboxylic acids is 1. The number of nitrogens with zero attached hydrogens (tertiary/aromatic N) is 1. The van der Waals surface area contributed by atoms with E-state index < -0.39 is 0 Å². The van der Waals surface area contributed by atoms with Crippen molar-refractivity contribution in [1.82, 2.24) is 10.2 Å². The van der Waals surface area contributed by atoms with E-state index in [1.807, 2.05) is 0 Å². The van der Waals surface area contributed by atoms with Gasteiger partial charge in [0.2, 0.25) is 5.91 Å². The average molecular weight is 269 g/mol. The van der Waals surface area contributed by atoms with Crippen LogP contribution in [0.2, 0.25) is 0 Å². The molecule has 110 valence electrons. The van der Waals surface area contributed by atoms with E-state index in [1.54, 1.807) is 0 Å². The van der Waals surface area contributed by atoms with E-state index in [4.69, 9.17) is 10.5 Å². The van der Waals surface area contributed by atoms with Gasteiger partial charge in [-0.1, -0.05) is 6.42 Å². The van der Waals surface area contributed by atoms with E-state index in [0.29, 0.717) is 18.4 Å². The summed E-state index contributed by atoms with van der Waals surface area (Å²) in [6, 6.07) is 0.680. The summed E-state index contributed by atoms with van der Waals surface area (Å²) in [4.78, 5) is 14.2. The molecule has 1 saturated carbocycles. The summed E-state index contributed by atoms with van der Waals surface area (Å²) < 4.78 is 5.40. The maximum Gasteiger partial charge on any atom is 0.220 e. The Morgan fingerprint density at radius 2 is 2.32 bits per heavy atom. The van der Waals surface area contributed by atoms with Crippen LogP contribution in [-0.4, -0.2) is 55.7 Å². The molecule has 3 N–H and O–H groups in total. The van der Waals surface area contributed by atoms with E-state index in [2.05, 4.69) is 17.1 Å². The first-order chi connectivity index (χ1) is 9.16. The van der Waals surface area contributed by atoms with Gasteiger partial charge in [-0.3, -0.25) is 9.69 Å². The van der Waals surface area contributed by atoms with Gasteiger partial charge in [0.15, 0.2) is 0 Å². The van der Waals surface area contributed by atoms with Gasteiger partial charge in [0.25, 0.3) is 0 Å². The molecule has 1 aliphatic carbocycles. The molecule has 19 heavy (non-hydrogen) atoms. The van der Waals surface area contributed by atoms with Crippen LogP contribution in [-0.2, 0) is 9.53 Å². The Morgan fingerprint density at radius 1 is 1.47 bits per heavy atom. The zero-order valence-corrected chi connectivity index (χ0v) is 11.9. The number of nitrogens with two attached hydrogens (primary N) is 1. The monoisotopic (exact) mass is 269 g/mol. The molecule has 0 bridgehead atoms. The van der Waals surface area contributed by atoms with E-state index >= 15 is 0 Å². The summed E-state index contributed by atoms with van der Waals surface area (Å²) in [6.07, 6.45) is 3.95. The number of nitrogens with one attached hydrogen (secondary N) is 1. The number of carbonyl (C=O) groups is 1. The largest absolute Gasteiger partial charge is 0.379 e. The van der Waals surface area contributed by atoms with Crippen molar-refractivity contribution in [1.29, 1.82) is 0 Å². The van der Waals surface area contributed by atoms with Crippen molar-refractivity contribution in [2.75, 3.05) is 32.8 Å². The lowest BCUT2D eigenvalue weighted by atomic mass is 10.00. The van der Waals surface area contributed by atoms with Gasteiger partial charge in [-0.05, 0) is 25.7 Å². The van der Waals surface area contributed by atoms with E-state index in [1.165, 1.54) is 6.42 Å². The molecule has 3 atom stereocenters. The molecule has 0 aromatic carbocycles. The van der Waals surface area contributed by atoms with Crippen molar-refractivity contribution in [2.24, 2.45) is 11.7 Å². The van der Waals surface area contributed by atoms with Crippen LogP contribution < -0.4 is 11.1 Å². The molecule has 2 rings (SSSR count). The van der Waals surface area contributed by atoms with Gasteiger partial charge in [-0.15, -0.1) is 0 Å². The molecule has 1 saturated heterocycles. The maximum atomic E-state index is 11.9. The standard InChI is InChI=1S/C14H27N3O2/c1-11-10-19-8-7-17(11)6-5-16-14(18)9-12-3-2-4-13(12)15/h11-13H,2-10,15H2,1H3,(H,16,18)/t11?,12-,13+/m0/s1. The Kier molecular flexibility index (Phi) is 5.60. The van der Waals surface area contributed by atoms with Crippen molar-refractivity contribution >= 4 is 5.91 Å². The molecule has 1 unspecified atom stereocenters. The highest BCUT2D eigenvalue weighted by Gasteiger charge is 2.26. The number of hydrogen-bond donors (Lipinski definition) is 2. The quantitative estimate of drug-likeness (QED) is 0.755. The third-order valence-electron chi connectivity index (χ3n) is 4.39. The van der Waals surface area contributed by atoms with Crippen LogP contribution in [0.15, 0.2) is 0 Å². The van der Waals surface area contributed by atoms with Gasteiger partial charge in [-0.25, -0.2) is 0 Å². The summed E-state index contributed by atoms with van der Waals surface area (Å²) in [5.74, 6) is 0.547. The van der Waals surface area contributed by atoms with Crippen LogP contribution >= 0.6 is 0 Å². The number of hydrogen-bond acceptors (Lipinski definition) is 4. The fourth-order valence-corrected chi connectivity index (χ4v) is 3.06. The van der Waals surface area contributed by atoms with Crippen LogP contribution in [0.4, 0.5) is 0 Å². The SMILES string of the molecule is CC1COCCN1CCNC(=O)C[C@@H]1CCC[C@H]1N. The van der Waals surface area contributed by atoms with E-state index in [0.717, 1.165) is 45.7 Å². The van der Waals surface area contributed by atoms with Crippen LogP contribution in [0.25, 0.3) is 0 Å². The molecule has 0 aromatic rings. The fourth-order valence-electron chi connectivity index (χ4n) is 3.06. The minimum Gasteiger partial charge on any atom is -0.379 e. The number of ether oxygens (including phenoxy) is 1. The Bertz CT molecular complexity index is 298. The molecule has 0 aromatic heterocycles. The lowest BCUT2D eigenvalue weighted by molar-refractivity contribution is -0.122. The topological polar surface area (TPSA) is 67.6 Å². The predicted octanol–water partition coefficient (Wildman–Crippen LogP) is 0.341. The Balaban J connectivity index is 1.60. The normalized spacial score (nSPS) is 32.4. The van der Waals surface area contributed by atoms with E-state index in [9.17, 15) is 4.79 Å². The average Bonchev–Trinajstić information content (AvgIpc) is 2.77. The second-order valence-electron chi connectivity index (χ2n) is 5.87.